The van der Waals surface area contributed by atoms with Gasteiger partial charge in [0.2, 0.25) is 0 Å². The second kappa shape index (κ2) is 9.00. The van der Waals surface area contributed by atoms with E-state index in [0.29, 0.717) is 6.42 Å². The van der Waals surface area contributed by atoms with Crippen molar-refractivity contribution in [2.75, 3.05) is 0 Å². The zero-order chi connectivity index (χ0) is 18.2. The molecule has 132 valence electrons. The summed E-state index contributed by atoms with van der Waals surface area (Å²) in [5, 5.41) is 8.85. The first-order valence-corrected chi connectivity index (χ1v) is 9.15. The van der Waals surface area contributed by atoms with Crippen molar-refractivity contribution >= 4 is 5.97 Å². The van der Waals surface area contributed by atoms with E-state index in [1.54, 1.807) is 0 Å². The van der Waals surface area contributed by atoms with Crippen LogP contribution >= 0.6 is 0 Å². The molecule has 0 aliphatic carbocycles. The Balaban J connectivity index is 1.82. The molecule has 0 atom stereocenters. The largest absolute Gasteiger partial charge is 0.481 e. The molecule has 0 bridgehead atoms. The molecule has 0 spiro atoms. The number of carboxylic acids is 1. The molecule has 0 saturated heterocycles. The van der Waals surface area contributed by atoms with E-state index in [1.807, 2.05) is 12.1 Å². The highest BCUT2D eigenvalue weighted by atomic mass is 16.4. The van der Waals surface area contributed by atoms with E-state index in [2.05, 4.69) is 66.7 Å². The normalized spacial score (nSPS) is 10.6. The van der Waals surface area contributed by atoms with Crippen LogP contribution in [0.5, 0.6) is 0 Å². The highest BCUT2D eigenvalue weighted by Gasteiger charge is 2.08. The highest BCUT2D eigenvalue weighted by Crippen LogP contribution is 2.26. The van der Waals surface area contributed by atoms with Crippen LogP contribution < -0.4 is 0 Å². The van der Waals surface area contributed by atoms with E-state index in [0.717, 1.165) is 19.3 Å². The fraction of sp³-hybridized carbons (Fsp3) is 0.208. The van der Waals surface area contributed by atoms with Crippen LogP contribution in [0.1, 0.15) is 29.5 Å². The Morgan fingerprint density at radius 1 is 0.731 bits per heavy atom. The maximum Gasteiger partial charge on any atom is 0.303 e. The highest BCUT2D eigenvalue weighted by molar-refractivity contribution is 5.68. The van der Waals surface area contributed by atoms with Crippen molar-refractivity contribution in [3.8, 4) is 11.1 Å². The first kappa shape index (κ1) is 17.9. The standard InChI is InChI=1S/C24H24O2/c25-24(26)13-7-10-20-15-17-23(21-11-5-2-6-12-21)22(18-20)16-14-19-8-3-1-4-9-19/h1-6,8-9,11-12,15,17-18H,7,10,13-14,16H2,(H,25,26). The van der Waals surface area contributed by atoms with Gasteiger partial charge in [-0.2, -0.15) is 0 Å². The molecule has 3 aromatic rings. The molecule has 0 amide bonds. The topological polar surface area (TPSA) is 37.3 Å². The SMILES string of the molecule is O=C(O)CCCc1ccc(-c2ccccc2)c(CCc2ccccc2)c1. The van der Waals surface area contributed by atoms with Gasteiger partial charge >= 0.3 is 5.97 Å². The minimum absolute atomic E-state index is 0.222. The molecule has 3 aromatic carbocycles. The lowest BCUT2D eigenvalue weighted by atomic mass is 9.92. The molecule has 2 heteroatoms. The third kappa shape index (κ3) is 5.06. The molecular formula is C24H24O2. The third-order valence-electron chi connectivity index (χ3n) is 4.64. The molecule has 0 fully saturated rings. The summed E-state index contributed by atoms with van der Waals surface area (Å²) >= 11 is 0. The van der Waals surface area contributed by atoms with Crippen LogP contribution in [0.25, 0.3) is 11.1 Å². The van der Waals surface area contributed by atoms with E-state index in [-0.39, 0.29) is 6.42 Å². The van der Waals surface area contributed by atoms with Crippen LogP contribution in [0.15, 0.2) is 78.9 Å². The van der Waals surface area contributed by atoms with Gasteiger partial charge in [0.05, 0.1) is 0 Å². The average molecular weight is 344 g/mol. The molecule has 0 aliphatic rings. The molecule has 2 nitrogen and oxygen atoms in total. The van der Waals surface area contributed by atoms with Crippen molar-refractivity contribution in [1.82, 2.24) is 0 Å². The van der Waals surface area contributed by atoms with Crippen LogP contribution in [-0.2, 0) is 24.1 Å². The van der Waals surface area contributed by atoms with Gasteiger partial charge in [-0.15, -0.1) is 0 Å². The number of hydrogen-bond donors (Lipinski definition) is 1. The zero-order valence-corrected chi connectivity index (χ0v) is 14.9. The second-order valence-electron chi connectivity index (χ2n) is 6.59. The summed E-state index contributed by atoms with van der Waals surface area (Å²) in [6.07, 6.45) is 3.68. The summed E-state index contributed by atoms with van der Waals surface area (Å²) in [5.41, 5.74) is 6.38. The Labute approximate surface area is 155 Å². The summed E-state index contributed by atoms with van der Waals surface area (Å²) in [4.78, 5) is 10.8. The molecule has 0 heterocycles. The molecule has 0 radical (unpaired) electrons. The fourth-order valence-corrected chi connectivity index (χ4v) is 3.28. The van der Waals surface area contributed by atoms with Crippen LogP contribution in [0, 0.1) is 0 Å². The average Bonchev–Trinajstić information content (AvgIpc) is 2.68. The maximum absolute atomic E-state index is 10.8. The lowest BCUT2D eigenvalue weighted by Gasteiger charge is -2.13. The molecule has 1 N–H and O–H groups in total. The molecule has 0 aromatic heterocycles. The Morgan fingerprint density at radius 3 is 2.12 bits per heavy atom. The van der Waals surface area contributed by atoms with Crippen LogP contribution in [0.4, 0.5) is 0 Å². The van der Waals surface area contributed by atoms with E-state index < -0.39 is 5.97 Å². The third-order valence-corrected chi connectivity index (χ3v) is 4.64. The van der Waals surface area contributed by atoms with Crippen LogP contribution in [0.2, 0.25) is 0 Å². The number of benzene rings is 3. The van der Waals surface area contributed by atoms with Gasteiger partial charge in [-0.05, 0) is 53.5 Å². The summed E-state index contributed by atoms with van der Waals surface area (Å²) < 4.78 is 0. The van der Waals surface area contributed by atoms with Crippen molar-refractivity contribution < 1.29 is 9.90 Å². The number of hydrogen-bond acceptors (Lipinski definition) is 1. The molecule has 3 rings (SSSR count). The molecule has 26 heavy (non-hydrogen) atoms. The van der Waals surface area contributed by atoms with E-state index in [4.69, 9.17) is 5.11 Å². The van der Waals surface area contributed by atoms with Gasteiger partial charge in [0.15, 0.2) is 0 Å². The van der Waals surface area contributed by atoms with Crippen molar-refractivity contribution in [1.29, 1.82) is 0 Å². The van der Waals surface area contributed by atoms with Crippen LogP contribution in [-0.4, -0.2) is 11.1 Å². The molecule has 0 unspecified atom stereocenters. The lowest BCUT2D eigenvalue weighted by molar-refractivity contribution is -0.137. The monoisotopic (exact) mass is 344 g/mol. The van der Waals surface area contributed by atoms with Crippen molar-refractivity contribution in [2.45, 2.75) is 32.1 Å². The summed E-state index contributed by atoms with van der Waals surface area (Å²) in [6, 6.07) is 27.6. The summed E-state index contributed by atoms with van der Waals surface area (Å²) in [5.74, 6) is -0.727. The predicted molar refractivity (Wildman–Crippen MR) is 106 cm³/mol. The Bertz CT molecular complexity index is 839. The fourth-order valence-electron chi connectivity index (χ4n) is 3.28. The van der Waals surface area contributed by atoms with Gasteiger partial charge in [0.25, 0.3) is 0 Å². The number of carbonyl (C=O) groups is 1. The first-order valence-electron chi connectivity index (χ1n) is 9.15. The first-order chi connectivity index (χ1) is 12.7. The van der Waals surface area contributed by atoms with E-state index >= 15 is 0 Å². The minimum atomic E-state index is -0.727. The quantitative estimate of drug-likeness (QED) is 0.582. The predicted octanol–water partition coefficient (Wildman–Crippen LogP) is 5.55. The van der Waals surface area contributed by atoms with Crippen molar-refractivity contribution in [3.05, 3.63) is 95.6 Å². The number of rotatable bonds is 8. The van der Waals surface area contributed by atoms with Gasteiger partial charge in [0.1, 0.15) is 0 Å². The van der Waals surface area contributed by atoms with Gasteiger partial charge in [-0.3, -0.25) is 4.79 Å². The van der Waals surface area contributed by atoms with Gasteiger partial charge in [-0.25, -0.2) is 0 Å². The second-order valence-corrected chi connectivity index (χ2v) is 6.59. The van der Waals surface area contributed by atoms with Gasteiger partial charge < -0.3 is 5.11 Å². The molecule has 0 saturated carbocycles. The molecule has 0 aliphatic heterocycles. The Kier molecular flexibility index (Phi) is 6.21. The Morgan fingerprint density at radius 2 is 1.42 bits per heavy atom. The number of carboxylic acid groups (broad SMARTS) is 1. The molecular weight excluding hydrogens is 320 g/mol. The van der Waals surface area contributed by atoms with Crippen LogP contribution in [0.3, 0.4) is 0 Å². The van der Waals surface area contributed by atoms with Gasteiger partial charge in [-0.1, -0.05) is 78.9 Å². The minimum Gasteiger partial charge on any atom is -0.481 e. The lowest BCUT2D eigenvalue weighted by Crippen LogP contribution is -1.99. The van der Waals surface area contributed by atoms with E-state index in [9.17, 15) is 4.79 Å². The van der Waals surface area contributed by atoms with E-state index in [1.165, 1.54) is 27.8 Å². The summed E-state index contributed by atoms with van der Waals surface area (Å²) in [7, 11) is 0. The van der Waals surface area contributed by atoms with Gasteiger partial charge in [0, 0.05) is 6.42 Å². The summed E-state index contributed by atoms with van der Waals surface area (Å²) in [6.45, 7) is 0. The van der Waals surface area contributed by atoms with Crippen molar-refractivity contribution in [2.24, 2.45) is 0 Å². The zero-order valence-electron chi connectivity index (χ0n) is 14.9. The number of aryl methyl sites for hydroxylation is 3. The Hall–Kier alpha value is -2.87. The number of aliphatic carboxylic acids is 1. The maximum atomic E-state index is 10.8. The van der Waals surface area contributed by atoms with Crippen molar-refractivity contribution in [3.63, 3.8) is 0 Å². The smallest absolute Gasteiger partial charge is 0.303 e.